The number of nitrogens with zero attached hydrogens (tertiary/aromatic N) is 2. The maximum atomic E-state index is 13.7. The number of hydrogen-bond acceptors (Lipinski definition) is 9. The molecule has 2 aliphatic rings. The lowest BCUT2D eigenvalue weighted by atomic mass is 9.49. The quantitative estimate of drug-likeness (QED) is 0.162. The topological polar surface area (TPSA) is 163 Å². The monoisotopic (exact) mass is 719 g/mol. The van der Waals surface area contributed by atoms with Crippen LogP contribution in [-0.4, -0.2) is 54.6 Å². The van der Waals surface area contributed by atoms with Crippen LogP contribution in [0.15, 0.2) is 53.4 Å². The number of sulfonamides is 1. The predicted molar refractivity (Wildman–Crippen MR) is 198 cm³/mol. The first-order valence-corrected chi connectivity index (χ1v) is 19.2. The first-order valence-electron chi connectivity index (χ1n) is 17.7. The first kappa shape index (κ1) is 38.2. The largest absolute Gasteiger partial charge is 0.476 e. The third-order valence-corrected chi connectivity index (χ3v) is 10.8. The highest BCUT2D eigenvalue weighted by atomic mass is 32.2. The minimum Gasteiger partial charge on any atom is -0.476 e. The van der Waals surface area contributed by atoms with Gasteiger partial charge in [-0.15, -0.1) is 0 Å². The van der Waals surface area contributed by atoms with Crippen LogP contribution in [0.5, 0.6) is 5.88 Å². The van der Waals surface area contributed by atoms with Crippen molar-refractivity contribution in [1.29, 1.82) is 0 Å². The van der Waals surface area contributed by atoms with Crippen LogP contribution in [0.1, 0.15) is 102 Å². The Bertz CT molecular complexity index is 1850. The second kappa shape index (κ2) is 14.5. The fourth-order valence-electron chi connectivity index (χ4n) is 7.53. The third kappa shape index (κ3) is 10.1. The number of ketones is 1. The molecule has 2 saturated carbocycles. The molecular weight excluding hydrogens is 667 g/mol. The van der Waals surface area contributed by atoms with Gasteiger partial charge in [-0.1, -0.05) is 51.1 Å². The molecule has 0 radical (unpaired) electrons. The lowest BCUT2D eigenvalue weighted by Gasteiger charge is -2.57. The molecule has 1 spiro atoms. The van der Waals surface area contributed by atoms with Crippen molar-refractivity contribution in [2.24, 2.45) is 22.5 Å². The van der Waals surface area contributed by atoms with E-state index in [-0.39, 0.29) is 57.9 Å². The lowest BCUT2D eigenvalue weighted by molar-refractivity contribution is -0.0506. The Hall–Kier alpha value is -4.03. The molecule has 12 heteroatoms. The Balaban J connectivity index is 1.25. The molecule has 2 aliphatic carbocycles. The summed E-state index contributed by atoms with van der Waals surface area (Å²) >= 11 is 0. The number of anilines is 1. The van der Waals surface area contributed by atoms with E-state index in [9.17, 15) is 18.0 Å². The van der Waals surface area contributed by atoms with Gasteiger partial charge in [0.1, 0.15) is 12.2 Å². The SMILES string of the molecule is Cc1cccc(C)c1-c1cc(OC[C@H](N)CC(C)(C)C)nc(NS(=O)(=O)c2cccc(C(=O)CC3CC4(C3)CC(NC(=O)OC(C)(C)C)C4)c2)n1. The molecule has 1 aromatic heterocycles. The Morgan fingerprint density at radius 3 is 2.24 bits per heavy atom. The zero-order valence-corrected chi connectivity index (χ0v) is 31.9. The standard InChI is InChI=1S/C39H53N5O6S/c1-24-11-9-12-25(2)34(24)31-17-33(49-23-28(40)20-37(3,4)5)43-35(42-31)44-51(47,48)30-14-10-13-27(16-30)32(45)15-26-18-39(19-26)21-29(22-39)41-36(46)50-38(6,7)8/h9-14,16-17,26,28-29H,15,18-23,40H2,1-8H3,(H,41,46)(H,42,43,44)/t26?,28-,29?,39?/m1/s1. The van der Waals surface area contributed by atoms with Crippen LogP contribution in [0.25, 0.3) is 11.3 Å². The number of hydrogen-bond donors (Lipinski definition) is 3. The number of aromatic nitrogens is 2. The van der Waals surface area contributed by atoms with Crippen LogP contribution in [0, 0.1) is 30.6 Å². The van der Waals surface area contributed by atoms with Gasteiger partial charge in [-0.2, -0.15) is 4.98 Å². The van der Waals surface area contributed by atoms with E-state index in [4.69, 9.17) is 15.2 Å². The van der Waals surface area contributed by atoms with Crippen LogP contribution >= 0.6 is 0 Å². The summed E-state index contributed by atoms with van der Waals surface area (Å²) in [5.74, 6) is 0.163. The fourth-order valence-corrected chi connectivity index (χ4v) is 8.52. The smallest absolute Gasteiger partial charge is 0.407 e. The second-order valence-corrected chi connectivity index (χ2v) is 18.5. The Labute approximate surface area is 302 Å². The first-order chi connectivity index (χ1) is 23.7. The normalized spacial score (nSPS) is 20.9. The van der Waals surface area contributed by atoms with Gasteiger partial charge in [-0.3, -0.25) is 4.79 Å². The maximum absolute atomic E-state index is 13.7. The maximum Gasteiger partial charge on any atom is 0.407 e. The molecule has 0 saturated heterocycles. The van der Waals surface area contributed by atoms with E-state index in [1.807, 2.05) is 52.8 Å². The number of nitrogens with two attached hydrogens (primary N) is 1. The van der Waals surface area contributed by atoms with Crippen molar-refractivity contribution in [3.63, 3.8) is 0 Å². The van der Waals surface area contributed by atoms with Gasteiger partial charge in [0.05, 0.1) is 10.6 Å². The zero-order chi connectivity index (χ0) is 37.4. The van der Waals surface area contributed by atoms with Crippen molar-refractivity contribution in [2.75, 3.05) is 11.3 Å². The number of carbonyl (C=O) groups is 2. The highest BCUT2D eigenvalue weighted by molar-refractivity contribution is 7.92. The molecule has 5 rings (SSSR count). The molecule has 1 atom stereocenters. The molecule has 0 aliphatic heterocycles. The number of amides is 1. The van der Waals surface area contributed by atoms with Gasteiger partial charge in [0, 0.05) is 35.7 Å². The summed E-state index contributed by atoms with van der Waals surface area (Å²) in [7, 11) is -4.17. The van der Waals surface area contributed by atoms with Crippen LogP contribution in [0.2, 0.25) is 0 Å². The number of alkyl carbamates (subject to hydrolysis) is 1. The molecule has 2 aromatic carbocycles. The molecule has 276 valence electrons. The van der Waals surface area contributed by atoms with E-state index in [0.29, 0.717) is 17.7 Å². The van der Waals surface area contributed by atoms with Gasteiger partial charge in [0.25, 0.3) is 10.0 Å². The summed E-state index contributed by atoms with van der Waals surface area (Å²) in [6.07, 6.45) is 4.23. The van der Waals surface area contributed by atoms with Crippen LogP contribution < -0.4 is 20.5 Å². The summed E-state index contributed by atoms with van der Waals surface area (Å²) in [6.45, 7) is 16.0. The van der Waals surface area contributed by atoms with Crippen LogP contribution in [-0.2, 0) is 14.8 Å². The van der Waals surface area contributed by atoms with E-state index < -0.39 is 21.7 Å². The van der Waals surface area contributed by atoms with Gasteiger partial charge < -0.3 is 20.5 Å². The molecule has 11 nitrogen and oxygen atoms in total. The molecule has 0 unspecified atom stereocenters. The fraction of sp³-hybridized carbons (Fsp3) is 0.538. The Kier molecular flexibility index (Phi) is 10.9. The molecule has 51 heavy (non-hydrogen) atoms. The van der Waals surface area contributed by atoms with E-state index in [2.05, 4.69) is 40.8 Å². The van der Waals surface area contributed by atoms with Crippen molar-refractivity contribution >= 4 is 27.8 Å². The molecule has 4 N–H and O–H groups in total. The van der Waals surface area contributed by atoms with E-state index in [1.165, 1.54) is 12.1 Å². The number of aryl methyl sites for hydroxylation is 2. The molecule has 1 heterocycles. The van der Waals surface area contributed by atoms with E-state index in [0.717, 1.165) is 48.8 Å². The number of benzene rings is 2. The highest BCUT2D eigenvalue weighted by Crippen LogP contribution is 2.59. The van der Waals surface area contributed by atoms with Crippen molar-refractivity contribution in [2.45, 2.75) is 116 Å². The molecular formula is C39H53N5O6S. The minimum absolute atomic E-state index is 0.0110. The number of ether oxygens (including phenoxy) is 2. The third-order valence-electron chi connectivity index (χ3n) is 9.45. The van der Waals surface area contributed by atoms with Crippen molar-refractivity contribution in [1.82, 2.24) is 15.3 Å². The number of rotatable bonds is 12. The Morgan fingerprint density at radius 2 is 1.61 bits per heavy atom. The van der Waals surface area contributed by atoms with E-state index in [1.54, 1.807) is 18.2 Å². The summed E-state index contributed by atoms with van der Waals surface area (Å²) < 4.78 is 41.3. The van der Waals surface area contributed by atoms with Crippen LogP contribution in [0.4, 0.5) is 10.7 Å². The summed E-state index contributed by atoms with van der Waals surface area (Å²) in [5, 5.41) is 2.94. The number of carbonyl (C=O) groups excluding carboxylic acids is 2. The van der Waals surface area contributed by atoms with Gasteiger partial charge in [-0.05, 0) is 107 Å². The van der Waals surface area contributed by atoms with Gasteiger partial charge >= 0.3 is 6.09 Å². The van der Waals surface area contributed by atoms with Crippen molar-refractivity contribution in [3.05, 3.63) is 65.2 Å². The average Bonchev–Trinajstić information content (AvgIpc) is 2.96. The molecule has 2 fully saturated rings. The summed E-state index contributed by atoms with van der Waals surface area (Å²) in [6, 6.07) is 13.5. The van der Waals surface area contributed by atoms with Crippen LogP contribution in [0.3, 0.4) is 0 Å². The Morgan fingerprint density at radius 1 is 0.961 bits per heavy atom. The molecule has 1 amide bonds. The lowest BCUT2D eigenvalue weighted by Crippen LogP contribution is -2.56. The molecule has 3 aromatic rings. The number of nitrogens with one attached hydrogen (secondary N) is 2. The average molecular weight is 720 g/mol. The second-order valence-electron chi connectivity index (χ2n) is 16.8. The zero-order valence-electron chi connectivity index (χ0n) is 31.1. The highest BCUT2D eigenvalue weighted by Gasteiger charge is 2.53. The van der Waals surface area contributed by atoms with Gasteiger partial charge in [-0.25, -0.2) is 22.9 Å². The van der Waals surface area contributed by atoms with Crippen molar-refractivity contribution in [3.8, 4) is 17.1 Å². The minimum atomic E-state index is -4.17. The van der Waals surface area contributed by atoms with E-state index >= 15 is 0 Å². The van der Waals surface area contributed by atoms with Gasteiger partial charge in [0.15, 0.2) is 5.78 Å². The van der Waals surface area contributed by atoms with Gasteiger partial charge in [0.2, 0.25) is 11.8 Å². The predicted octanol–water partition coefficient (Wildman–Crippen LogP) is 7.36. The summed E-state index contributed by atoms with van der Waals surface area (Å²) in [5.41, 5.74) is 9.60. The molecule has 0 bridgehead atoms. The van der Waals surface area contributed by atoms with Crippen molar-refractivity contribution < 1.29 is 27.5 Å². The summed E-state index contributed by atoms with van der Waals surface area (Å²) in [4.78, 5) is 34.4. The number of Topliss-reactive ketones (excluding diaryl/α,β-unsaturated/α-hetero) is 1.